The second-order valence-corrected chi connectivity index (χ2v) is 5.89. The van der Waals surface area contributed by atoms with Crippen LogP contribution < -0.4 is 16.6 Å². The lowest BCUT2D eigenvalue weighted by molar-refractivity contribution is -0.126. The van der Waals surface area contributed by atoms with Crippen molar-refractivity contribution in [2.24, 2.45) is 5.73 Å². The average molecular weight is 327 g/mol. The fraction of sp³-hybridized carbons (Fsp3) is 0.333. The number of rotatable bonds is 5. The molecule has 0 spiro atoms. The van der Waals surface area contributed by atoms with Crippen LogP contribution in [0.3, 0.4) is 0 Å². The number of nitrogens with one attached hydrogen (secondary N) is 1. The molecule has 1 fully saturated rings. The zero-order chi connectivity index (χ0) is 16.9. The van der Waals surface area contributed by atoms with Gasteiger partial charge in [-0.05, 0) is 30.5 Å². The molecule has 2 heterocycles. The molecule has 1 aromatic carbocycles. The molecule has 3 N–H and O–H groups in total. The van der Waals surface area contributed by atoms with E-state index < -0.39 is 6.10 Å². The van der Waals surface area contributed by atoms with Crippen molar-refractivity contribution in [3.05, 3.63) is 64.6 Å². The predicted octanol–water partition coefficient (Wildman–Crippen LogP) is 1.34. The van der Waals surface area contributed by atoms with Crippen molar-refractivity contribution in [2.45, 2.75) is 31.6 Å². The highest BCUT2D eigenvalue weighted by molar-refractivity contribution is 5.94. The van der Waals surface area contributed by atoms with Crippen LogP contribution in [0.4, 0.5) is 5.69 Å². The van der Waals surface area contributed by atoms with Gasteiger partial charge >= 0.3 is 0 Å². The fourth-order valence-electron chi connectivity index (χ4n) is 2.82. The van der Waals surface area contributed by atoms with Crippen molar-refractivity contribution in [2.75, 3.05) is 11.9 Å². The van der Waals surface area contributed by atoms with Crippen molar-refractivity contribution < 1.29 is 9.53 Å². The summed E-state index contributed by atoms with van der Waals surface area (Å²) in [6.45, 7) is 0.859. The van der Waals surface area contributed by atoms with Gasteiger partial charge in [0.05, 0.1) is 12.6 Å². The first kappa shape index (κ1) is 16.4. The summed E-state index contributed by atoms with van der Waals surface area (Å²) in [7, 11) is 0. The van der Waals surface area contributed by atoms with E-state index in [2.05, 4.69) is 5.32 Å². The number of pyridine rings is 1. The molecule has 0 unspecified atom stereocenters. The maximum absolute atomic E-state index is 12.5. The highest BCUT2D eigenvalue weighted by Gasteiger charge is 2.30. The van der Waals surface area contributed by atoms with Crippen LogP contribution >= 0.6 is 0 Å². The van der Waals surface area contributed by atoms with E-state index in [0.29, 0.717) is 19.5 Å². The van der Waals surface area contributed by atoms with E-state index in [1.54, 1.807) is 22.9 Å². The predicted molar refractivity (Wildman–Crippen MR) is 91.8 cm³/mol. The summed E-state index contributed by atoms with van der Waals surface area (Å²) in [5.74, 6) is -0.291. The molecular weight excluding hydrogens is 306 g/mol. The number of benzene rings is 1. The summed E-state index contributed by atoms with van der Waals surface area (Å²) in [6, 6.07) is 13.1. The number of carbonyl (C=O) groups is 1. The first-order chi connectivity index (χ1) is 11.7. The summed E-state index contributed by atoms with van der Waals surface area (Å²) in [5, 5.41) is 2.68. The van der Waals surface area contributed by atoms with Crippen molar-refractivity contribution in [1.82, 2.24) is 4.57 Å². The van der Waals surface area contributed by atoms with Gasteiger partial charge in [-0.3, -0.25) is 9.59 Å². The Morgan fingerprint density at radius 2 is 2.00 bits per heavy atom. The molecule has 0 bridgehead atoms. The third-order valence-electron chi connectivity index (χ3n) is 4.14. The summed E-state index contributed by atoms with van der Waals surface area (Å²) < 4.78 is 7.14. The number of hydrogen-bond acceptors (Lipinski definition) is 4. The Bertz CT molecular complexity index is 758. The minimum atomic E-state index is -0.541. The van der Waals surface area contributed by atoms with Gasteiger partial charge in [0.15, 0.2) is 0 Å². The number of nitrogens with zero attached hydrogens (tertiary/aromatic N) is 1. The highest BCUT2D eigenvalue weighted by Crippen LogP contribution is 2.19. The molecule has 24 heavy (non-hydrogen) atoms. The van der Waals surface area contributed by atoms with E-state index in [0.717, 1.165) is 12.0 Å². The summed E-state index contributed by atoms with van der Waals surface area (Å²) in [6.07, 6.45) is 2.48. The van der Waals surface area contributed by atoms with Crippen molar-refractivity contribution in [3.8, 4) is 0 Å². The average Bonchev–Trinajstić information content (AvgIpc) is 3.09. The maximum Gasteiger partial charge on any atom is 0.274 e. The summed E-state index contributed by atoms with van der Waals surface area (Å²) in [4.78, 5) is 24.8. The summed E-state index contributed by atoms with van der Waals surface area (Å²) >= 11 is 0. The SMILES string of the molecule is NC[C@H]1CC[C@@H](C(=O)Nc2cccn(Cc3ccccc3)c2=O)O1. The van der Waals surface area contributed by atoms with Gasteiger partial charge in [0, 0.05) is 12.7 Å². The smallest absolute Gasteiger partial charge is 0.274 e. The Morgan fingerprint density at radius 1 is 1.21 bits per heavy atom. The molecule has 2 atom stereocenters. The normalized spacial score (nSPS) is 20.0. The number of aromatic nitrogens is 1. The quantitative estimate of drug-likeness (QED) is 0.868. The standard InChI is InChI=1S/C18H21N3O3/c19-11-14-8-9-16(24-14)17(22)20-15-7-4-10-21(18(15)23)12-13-5-2-1-3-6-13/h1-7,10,14,16H,8-9,11-12,19H2,(H,20,22)/t14-,16+/m1/s1. The molecule has 0 radical (unpaired) electrons. The lowest BCUT2D eigenvalue weighted by Crippen LogP contribution is -2.33. The Labute approximate surface area is 140 Å². The van der Waals surface area contributed by atoms with Crippen LogP contribution in [0, 0.1) is 0 Å². The Hall–Kier alpha value is -2.44. The third-order valence-corrected chi connectivity index (χ3v) is 4.14. The maximum atomic E-state index is 12.5. The Kier molecular flexibility index (Phi) is 5.08. The molecule has 1 aliphatic rings. The van der Waals surface area contributed by atoms with Crippen LogP contribution in [0.25, 0.3) is 0 Å². The van der Waals surface area contributed by atoms with Gasteiger partial charge in [0.1, 0.15) is 11.8 Å². The van der Waals surface area contributed by atoms with Crippen LogP contribution in [0.5, 0.6) is 0 Å². The van der Waals surface area contributed by atoms with E-state index in [4.69, 9.17) is 10.5 Å². The fourth-order valence-corrected chi connectivity index (χ4v) is 2.82. The first-order valence-electron chi connectivity index (χ1n) is 8.07. The molecule has 1 saturated heterocycles. The number of nitrogens with two attached hydrogens (primary N) is 1. The van der Waals surface area contributed by atoms with Gasteiger partial charge in [-0.1, -0.05) is 30.3 Å². The van der Waals surface area contributed by atoms with Gasteiger partial charge in [-0.2, -0.15) is 0 Å². The minimum Gasteiger partial charge on any atom is -0.364 e. The van der Waals surface area contributed by atoms with Gasteiger partial charge in [-0.15, -0.1) is 0 Å². The molecule has 1 aromatic heterocycles. The van der Waals surface area contributed by atoms with Crippen LogP contribution in [-0.4, -0.2) is 29.2 Å². The van der Waals surface area contributed by atoms with Crippen LogP contribution in [0.15, 0.2) is 53.5 Å². The van der Waals surface area contributed by atoms with E-state index in [9.17, 15) is 9.59 Å². The van der Waals surface area contributed by atoms with Gasteiger partial charge in [0.25, 0.3) is 11.5 Å². The molecule has 126 valence electrons. The van der Waals surface area contributed by atoms with E-state index >= 15 is 0 Å². The topological polar surface area (TPSA) is 86.4 Å². The van der Waals surface area contributed by atoms with Gasteiger partial charge < -0.3 is 20.4 Å². The van der Waals surface area contributed by atoms with E-state index in [1.807, 2.05) is 30.3 Å². The monoisotopic (exact) mass is 327 g/mol. The third kappa shape index (κ3) is 3.72. The van der Waals surface area contributed by atoms with Gasteiger partial charge in [-0.25, -0.2) is 0 Å². The molecule has 1 aliphatic heterocycles. The van der Waals surface area contributed by atoms with E-state index in [1.165, 1.54) is 0 Å². The zero-order valence-corrected chi connectivity index (χ0v) is 13.4. The molecule has 6 heteroatoms. The lowest BCUT2D eigenvalue weighted by Gasteiger charge is -2.13. The number of amides is 1. The second-order valence-electron chi connectivity index (χ2n) is 5.89. The number of ether oxygens (including phenoxy) is 1. The van der Waals surface area contributed by atoms with Crippen LogP contribution in [0.2, 0.25) is 0 Å². The highest BCUT2D eigenvalue weighted by atomic mass is 16.5. The Balaban J connectivity index is 1.71. The minimum absolute atomic E-state index is 0.0775. The first-order valence-corrected chi connectivity index (χ1v) is 8.07. The zero-order valence-electron chi connectivity index (χ0n) is 13.4. The lowest BCUT2D eigenvalue weighted by atomic mass is 10.2. The second kappa shape index (κ2) is 7.42. The molecule has 6 nitrogen and oxygen atoms in total. The Morgan fingerprint density at radius 3 is 2.71 bits per heavy atom. The van der Waals surface area contributed by atoms with Crippen molar-refractivity contribution >= 4 is 11.6 Å². The van der Waals surface area contributed by atoms with Crippen molar-refractivity contribution in [3.63, 3.8) is 0 Å². The van der Waals surface area contributed by atoms with Crippen molar-refractivity contribution in [1.29, 1.82) is 0 Å². The number of carbonyl (C=O) groups excluding carboxylic acids is 1. The molecule has 3 rings (SSSR count). The van der Waals surface area contributed by atoms with Crippen LogP contribution in [-0.2, 0) is 16.1 Å². The van der Waals surface area contributed by atoms with Crippen LogP contribution in [0.1, 0.15) is 18.4 Å². The summed E-state index contributed by atoms with van der Waals surface area (Å²) in [5.41, 5.74) is 6.61. The number of hydrogen-bond donors (Lipinski definition) is 2. The molecular formula is C18H21N3O3. The molecule has 0 aliphatic carbocycles. The van der Waals surface area contributed by atoms with E-state index in [-0.39, 0.29) is 23.3 Å². The molecule has 2 aromatic rings. The largest absolute Gasteiger partial charge is 0.364 e. The van der Waals surface area contributed by atoms with Gasteiger partial charge in [0.2, 0.25) is 0 Å². The number of anilines is 1. The molecule has 0 saturated carbocycles. The molecule has 1 amide bonds.